The van der Waals surface area contributed by atoms with Gasteiger partial charge in [-0.15, -0.1) is 0 Å². The van der Waals surface area contributed by atoms with Gasteiger partial charge in [0.1, 0.15) is 11.5 Å². The lowest BCUT2D eigenvalue weighted by Crippen LogP contribution is -2.15. The Balaban J connectivity index is 1.10. The molecular formula is C32H14O9. The van der Waals surface area contributed by atoms with Gasteiger partial charge in [-0.2, -0.15) is 0 Å². The minimum Gasteiger partial charge on any atom is -0.423 e. The summed E-state index contributed by atoms with van der Waals surface area (Å²) in [5.74, 6) is 0.984. The van der Waals surface area contributed by atoms with E-state index in [1.54, 1.807) is 48.5 Å². The standard InChI is InChI=1S/C32H14O9/c33-27-13-14-28(34)25-15-19(5-11-23(25)27)29(35)39-21-7-1-17(2-8-21)18-3-9-22(10-4-18)40-30(36)20-6-12-24-26(16-20)32(38)41-31(24)37/h1-12,15-16H. The quantitative estimate of drug-likeness (QED) is 0.118. The van der Waals surface area contributed by atoms with Gasteiger partial charge in [-0.1, -0.05) is 24.3 Å². The molecule has 9 heteroatoms. The van der Waals surface area contributed by atoms with Crippen LogP contribution in [0.1, 0.15) is 62.1 Å². The average molecular weight is 542 g/mol. The molecule has 0 aromatic heterocycles. The van der Waals surface area contributed by atoms with Crippen molar-refractivity contribution in [1.82, 2.24) is 0 Å². The van der Waals surface area contributed by atoms with Gasteiger partial charge in [0.2, 0.25) is 11.6 Å². The van der Waals surface area contributed by atoms with Gasteiger partial charge in [0.05, 0.1) is 22.3 Å². The van der Waals surface area contributed by atoms with E-state index in [4.69, 9.17) is 9.47 Å². The molecule has 0 saturated carbocycles. The van der Waals surface area contributed by atoms with Crippen molar-refractivity contribution in [3.05, 3.63) is 118 Å². The number of carbonyl (C=O) groups is 6. The minimum atomic E-state index is -0.812. The molecule has 4 aromatic rings. The zero-order valence-electron chi connectivity index (χ0n) is 20.8. The largest absolute Gasteiger partial charge is 0.423 e. The molecule has 2 aliphatic rings. The molecule has 0 unspecified atom stereocenters. The van der Waals surface area contributed by atoms with Crippen molar-refractivity contribution in [1.29, 1.82) is 0 Å². The van der Waals surface area contributed by atoms with Crippen molar-refractivity contribution >= 4 is 35.4 Å². The van der Waals surface area contributed by atoms with Crippen molar-refractivity contribution in [3.8, 4) is 34.5 Å². The number of rotatable bonds is 5. The van der Waals surface area contributed by atoms with E-state index >= 15 is 0 Å². The van der Waals surface area contributed by atoms with E-state index in [2.05, 4.69) is 16.6 Å². The lowest BCUT2D eigenvalue weighted by Gasteiger charge is -2.10. The van der Waals surface area contributed by atoms with E-state index in [9.17, 15) is 28.8 Å². The minimum absolute atomic E-state index is 0.0121. The predicted octanol–water partition coefficient (Wildman–Crippen LogP) is 4.49. The number of hydrogen-bond donors (Lipinski definition) is 0. The summed E-state index contributed by atoms with van der Waals surface area (Å²) in [5.41, 5.74) is 2.12. The van der Waals surface area contributed by atoms with Gasteiger partial charge < -0.3 is 14.2 Å². The summed E-state index contributed by atoms with van der Waals surface area (Å²) in [6.07, 6.45) is 0. The van der Waals surface area contributed by atoms with Crippen LogP contribution in [-0.4, -0.2) is 35.4 Å². The van der Waals surface area contributed by atoms with Crippen molar-refractivity contribution in [2.24, 2.45) is 0 Å². The van der Waals surface area contributed by atoms with Crippen molar-refractivity contribution in [2.45, 2.75) is 0 Å². The number of cyclic esters (lactones) is 2. The maximum absolute atomic E-state index is 12.6. The SMILES string of the molecule is O=C(Oc1ccc(-c2ccc(OC(=O)c3ccc4c(c3)C(=O)OC4=O)cc2)cc1)c1ccc2c(c1)C(=O)C#CC2=O. The number of hydrogen-bond acceptors (Lipinski definition) is 9. The third kappa shape index (κ3) is 4.77. The Morgan fingerprint density at radius 1 is 0.512 bits per heavy atom. The van der Waals surface area contributed by atoms with Crippen LogP contribution < -0.4 is 9.47 Å². The number of ketones is 2. The molecule has 0 amide bonds. The molecule has 6 rings (SSSR count). The molecule has 0 bridgehead atoms. The Kier molecular flexibility index (Phi) is 6.06. The lowest BCUT2D eigenvalue weighted by atomic mass is 9.94. The molecule has 9 nitrogen and oxygen atoms in total. The highest BCUT2D eigenvalue weighted by molar-refractivity contribution is 6.26. The molecule has 0 saturated heterocycles. The maximum atomic E-state index is 12.6. The highest BCUT2D eigenvalue weighted by Crippen LogP contribution is 2.27. The molecule has 1 heterocycles. The van der Waals surface area contributed by atoms with E-state index in [0.29, 0.717) is 0 Å². The Hall–Kier alpha value is -6.14. The zero-order valence-corrected chi connectivity index (χ0v) is 20.8. The van der Waals surface area contributed by atoms with E-state index in [-0.39, 0.29) is 44.9 Å². The highest BCUT2D eigenvalue weighted by Gasteiger charge is 2.30. The summed E-state index contributed by atoms with van der Waals surface area (Å²) in [6.45, 7) is 0. The van der Waals surface area contributed by atoms with Gasteiger partial charge >= 0.3 is 23.9 Å². The summed E-state index contributed by atoms with van der Waals surface area (Å²) >= 11 is 0. The lowest BCUT2D eigenvalue weighted by molar-refractivity contribution is 0.0442. The number of fused-ring (bicyclic) bond motifs is 2. The summed E-state index contributed by atoms with van der Waals surface area (Å²) in [4.78, 5) is 72.3. The summed E-state index contributed by atoms with van der Waals surface area (Å²) in [5, 5.41) is 0. The number of Topliss-reactive ketones (excluding diaryl/α,β-unsaturated/α-hetero) is 2. The Morgan fingerprint density at radius 3 is 1.49 bits per heavy atom. The van der Waals surface area contributed by atoms with Crippen molar-refractivity contribution < 1.29 is 43.0 Å². The van der Waals surface area contributed by atoms with Crippen LogP contribution >= 0.6 is 0 Å². The molecule has 1 aliphatic heterocycles. The van der Waals surface area contributed by atoms with Crippen LogP contribution in [-0.2, 0) is 4.74 Å². The summed E-state index contributed by atoms with van der Waals surface area (Å²) in [7, 11) is 0. The molecule has 4 aromatic carbocycles. The number of esters is 4. The smallest absolute Gasteiger partial charge is 0.346 e. The monoisotopic (exact) mass is 542 g/mol. The normalized spacial score (nSPS) is 13.0. The van der Waals surface area contributed by atoms with Crippen LogP contribution in [0.15, 0.2) is 84.9 Å². The number of ether oxygens (including phenoxy) is 3. The second kappa shape index (κ2) is 9.87. The van der Waals surface area contributed by atoms with Gasteiger partial charge in [-0.3, -0.25) is 9.59 Å². The Labute approximate surface area is 231 Å². The Morgan fingerprint density at radius 2 is 0.951 bits per heavy atom. The van der Waals surface area contributed by atoms with Crippen molar-refractivity contribution in [3.63, 3.8) is 0 Å². The van der Waals surface area contributed by atoms with Gasteiger partial charge in [0, 0.05) is 11.1 Å². The molecular weight excluding hydrogens is 528 g/mol. The third-order valence-electron chi connectivity index (χ3n) is 6.38. The first-order valence-electron chi connectivity index (χ1n) is 12.1. The van der Waals surface area contributed by atoms with Gasteiger partial charge in [-0.25, -0.2) is 19.2 Å². The van der Waals surface area contributed by atoms with Gasteiger partial charge in [-0.05, 0) is 83.6 Å². The molecule has 0 radical (unpaired) electrons. The summed E-state index contributed by atoms with van der Waals surface area (Å²) in [6, 6.07) is 21.4. The molecule has 196 valence electrons. The van der Waals surface area contributed by atoms with E-state index in [1.165, 1.54) is 36.4 Å². The number of carbonyl (C=O) groups excluding carboxylic acids is 6. The molecule has 0 atom stereocenters. The zero-order chi connectivity index (χ0) is 28.7. The molecule has 1 aliphatic carbocycles. The third-order valence-corrected chi connectivity index (χ3v) is 6.38. The predicted molar refractivity (Wildman–Crippen MR) is 141 cm³/mol. The molecule has 41 heavy (non-hydrogen) atoms. The topological polar surface area (TPSA) is 130 Å². The fourth-order valence-corrected chi connectivity index (χ4v) is 4.28. The number of benzene rings is 4. The van der Waals surface area contributed by atoms with Crippen LogP contribution in [0.5, 0.6) is 11.5 Å². The first-order valence-corrected chi connectivity index (χ1v) is 12.1. The molecule has 0 spiro atoms. The molecule has 0 N–H and O–H groups in total. The first kappa shape index (κ1) is 25.2. The summed E-state index contributed by atoms with van der Waals surface area (Å²) < 4.78 is 15.3. The maximum Gasteiger partial charge on any atom is 0.346 e. The van der Waals surface area contributed by atoms with Crippen LogP contribution in [0.2, 0.25) is 0 Å². The van der Waals surface area contributed by atoms with E-state index in [1.807, 2.05) is 0 Å². The fourth-order valence-electron chi connectivity index (χ4n) is 4.28. The van der Waals surface area contributed by atoms with Crippen LogP contribution in [0.25, 0.3) is 11.1 Å². The first-order chi connectivity index (χ1) is 19.8. The van der Waals surface area contributed by atoms with Gasteiger partial charge in [0.25, 0.3) is 0 Å². The van der Waals surface area contributed by atoms with E-state index < -0.39 is 35.4 Å². The van der Waals surface area contributed by atoms with Crippen LogP contribution in [0.3, 0.4) is 0 Å². The van der Waals surface area contributed by atoms with E-state index in [0.717, 1.165) is 11.1 Å². The average Bonchev–Trinajstić information content (AvgIpc) is 3.28. The van der Waals surface area contributed by atoms with Crippen LogP contribution in [0, 0.1) is 11.8 Å². The second-order valence-electron chi connectivity index (χ2n) is 8.93. The van der Waals surface area contributed by atoms with Crippen LogP contribution in [0.4, 0.5) is 0 Å². The molecule has 0 fully saturated rings. The fraction of sp³-hybridized carbons (Fsp3) is 0. The van der Waals surface area contributed by atoms with Crippen molar-refractivity contribution in [2.75, 3.05) is 0 Å². The van der Waals surface area contributed by atoms with Gasteiger partial charge in [0.15, 0.2) is 0 Å². The second-order valence-corrected chi connectivity index (χ2v) is 8.93. The Bertz CT molecular complexity index is 1900. The highest BCUT2D eigenvalue weighted by atomic mass is 16.6.